The van der Waals surface area contributed by atoms with E-state index in [9.17, 15) is 5.26 Å². The minimum Gasteiger partial charge on any atom is -0.494 e. The molecule has 0 bridgehead atoms. The highest BCUT2D eigenvalue weighted by molar-refractivity contribution is 7.12. The molecule has 0 saturated carbocycles. The van der Waals surface area contributed by atoms with Crippen LogP contribution in [0.25, 0.3) is 11.3 Å². The third-order valence-corrected chi connectivity index (χ3v) is 4.80. The third-order valence-electron chi connectivity index (χ3n) is 3.95. The zero-order chi connectivity index (χ0) is 20.6. The number of benzene rings is 2. The minimum atomic E-state index is 0.204. The number of hydrogen-bond acceptors (Lipinski definition) is 8. The number of rotatable bonds is 8. The normalized spacial score (nSPS) is 10.9. The van der Waals surface area contributed by atoms with Crippen molar-refractivity contribution in [1.82, 2.24) is 4.98 Å². The molecular formula is C21H20N4O3S. The van der Waals surface area contributed by atoms with Gasteiger partial charge >= 0.3 is 0 Å². The molecule has 0 fully saturated rings. The fraction of sp³-hybridized carbons (Fsp3) is 0.190. The molecule has 7 nitrogen and oxygen atoms in total. The van der Waals surface area contributed by atoms with Crippen molar-refractivity contribution < 1.29 is 14.2 Å². The van der Waals surface area contributed by atoms with Gasteiger partial charge in [0.25, 0.3) is 0 Å². The van der Waals surface area contributed by atoms with E-state index < -0.39 is 0 Å². The molecule has 0 unspecified atom stereocenters. The molecule has 0 aliphatic rings. The van der Waals surface area contributed by atoms with E-state index in [1.165, 1.54) is 11.3 Å². The Balaban J connectivity index is 1.78. The molecule has 148 valence electrons. The number of aromatic nitrogens is 1. The first-order chi connectivity index (χ1) is 14.2. The Morgan fingerprint density at radius 2 is 1.90 bits per heavy atom. The predicted molar refractivity (Wildman–Crippen MR) is 114 cm³/mol. The van der Waals surface area contributed by atoms with E-state index >= 15 is 0 Å². The number of hydrogen-bond donors (Lipinski definition) is 1. The molecule has 0 atom stereocenters. The quantitative estimate of drug-likeness (QED) is 0.434. The fourth-order valence-corrected chi connectivity index (χ4v) is 3.31. The lowest BCUT2D eigenvalue weighted by Crippen LogP contribution is -2.01. The van der Waals surface area contributed by atoms with Gasteiger partial charge in [0.2, 0.25) is 0 Å². The number of methoxy groups -OCH3 is 2. The summed E-state index contributed by atoms with van der Waals surface area (Å²) in [5.74, 6) is 2.04. The second kappa shape index (κ2) is 9.57. The van der Waals surface area contributed by atoms with Gasteiger partial charge in [-0.05, 0) is 49.4 Å². The largest absolute Gasteiger partial charge is 0.494 e. The summed E-state index contributed by atoms with van der Waals surface area (Å²) < 4.78 is 16.0. The standard InChI is InChI=1S/C21H20N4O3S/c1-4-28-16-8-6-15(7-9-16)24-25-17(12-22)21-23-18(13-29-21)14-5-10-19(26-2)20(11-14)27-3/h5-11,13,24H,4H2,1-3H3/b25-17-. The van der Waals surface area contributed by atoms with E-state index in [2.05, 4.69) is 21.6 Å². The number of nitrogens with one attached hydrogen (secondary N) is 1. The molecule has 1 heterocycles. The zero-order valence-electron chi connectivity index (χ0n) is 16.3. The van der Waals surface area contributed by atoms with Crippen LogP contribution in [-0.4, -0.2) is 31.5 Å². The molecule has 2 aromatic carbocycles. The van der Waals surface area contributed by atoms with E-state index in [1.54, 1.807) is 14.2 Å². The Hall–Kier alpha value is -3.57. The highest BCUT2D eigenvalue weighted by atomic mass is 32.1. The minimum absolute atomic E-state index is 0.204. The van der Waals surface area contributed by atoms with Crippen LogP contribution in [0.3, 0.4) is 0 Å². The van der Waals surface area contributed by atoms with Gasteiger partial charge in [-0.15, -0.1) is 11.3 Å². The second-order valence-electron chi connectivity index (χ2n) is 5.75. The first-order valence-corrected chi connectivity index (χ1v) is 9.71. The maximum Gasteiger partial charge on any atom is 0.196 e. The summed E-state index contributed by atoms with van der Waals surface area (Å²) in [6.45, 7) is 2.54. The molecule has 0 saturated heterocycles. The van der Waals surface area contributed by atoms with E-state index in [-0.39, 0.29) is 5.71 Å². The molecule has 1 aromatic heterocycles. The summed E-state index contributed by atoms with van der Waals surface area (Å²) in [5.41, 5.74) is 5.43. The van der Waals surface area contributed by atoms with Gasteiger partial charge in [0, 0.05) is 10.9 Å². The van der Waals surface area contributed by atoms with Crippen LogP contribution in [0, 0.1) is 11.3 Å². The van der Waals surface area contributed by atoms with Gasteiger partial charge in [-0.1, -0.05) is 0 Å². The number of anilines is 1. The summed E-state index contributed by atoms with van der Waals surface area (Å²) >= 11 is 1.35. The first kappa shape index (κ1) is 20.2. The van der Waals surface area contributed by atoms with Crippen molar-refractivity contribution in [3.63, 3.8) is 0 Å². The summed E-state index contributed by atoms with van der Waals surface area (Å²) in [7, 11) is 3.17. The van der Waals surface area contributed by atoms with Crippen LogP contribution >= 0.6 is 11.3 Å². The van der Waals surface area contributed by atoms with Crippen LogP contribution in [0.5, 0.6) is 17.2 Å². The van der Waals surface area contributed by atoms with Crippen molar-refractivity contribution >= 4 is 22.7 Å². The van der Waals surface area contributed by atoms with Crippen molar-refractivity contribution in [2.24, 2.45) is 5.10 Å². The molecule has 8 heteroatoms. The number of hydrazone groups is 1. The van der Waals surface area contributed by atoms with Crippen LogP contribution in [0.15, 0.2) is 52.9 Å². The maximum atomic E-state index is 9.49. The van der Waals surface area contributed by atoms with Crippen LogP contribution in [0.1, 0.15) is 11.9 Å². The van der Waals surface area contributed by atoms with Crippen molar-refractivity contribution in [3.8, 4) is 34.6 Å². The average molecular weight is 408 g/mol. The Morgan fingerprint density at radius 1 is 1.14 bits per heavy atom. The van der Waals surface area contributed by atoms with E-state index in [4.69, 9.17) is 14.2 Å². The van der Waals surface area contributed by atoms with Crippen LogP contribution in [0.2, 0.25) is 0 Å². The first-order valence-electron chi connectivity index (χ1n) is 8.83. The number of nitrogens with zero attached hydrogens (tertiary/aromatic N) is 3. The molecule has 0 amide bonds. The topological polar surface area (TPSA) is 88.8 Å². The SMILES string of the molecule is CCOc1ccc(N/N=C(/C#N)c2nc(-c3ccc(OC)c(OC)c3)cs2)cc1. The molecule has 3 aromatic rings. The smallest absolute Gasteiger partial charge is 0.196 e. The monoisotopic (exact) mass is 408 g/mol. The van der Waals surface area contributed by atoms with Crippen LogP contribution in [0.4, 0.5) is 5.69 Å². The molecule has 0 radical (unpaired) electrons. The van der Waals surface area contributed by atoms with Gasteiger partial charge < -0.3 is 14.2 Å². The van der Waals surface area contributed by atoms with Gasteiger partial charge in [-0.2, -0.15) is 10.4 Å². The molecule has 29 heavy (non-hydrogen) atoms. The molecule has 0 aliphatic carbocycles. The average Bonchev–Trinajstić information content (AvgIpc) is 3.25. The van der Waals surface area contributed by atoms with Crippen LogP contribution in [-0.2, 0) is 0 Å². The lowest BCUT2D eigenvalue weighted by atomic mass is 10.1. The number of ether oxygens (including phenoxy) is 3. The predicted octanol–water partition coefficient (Wildman–Crippen LogP) is 4.57. The second-order valence-corrected chi connectivity index (χ2v) is 6.61. The molecule has 1 N–H and O–H groups in total. The highest BCUT2D eigenvalue weighted by Gasteiger charge is 2.13. The van der Waals surface area contributed by atoms with E-state index in [1.807, 2.05) is 54.8 Å². The Bertz CT molecular complexity index is 1040. The summed E-state index contributed by atoms with van der Waals surface area (Å²) in [6, 6.07) is 15.0. The molecule has 0 spiro atoms. The lowest BCUT2D eigenvalue weighted by Gasteiger charge is -2.08. The van der Waals surface area contributed by atoms with Crippen molar-refractivity contribution in [3.05, 3.63) is 52.9 Å². The van der Waals surface area contributed by atoms with Crippen molar-refractivity contribution in [2.45, 2.75) is 6.92 Å². The Kier molecular flexibility index (Phi) is 6.66. The van der Waals surface area contributed by atoms with E-state index in [0.717, 1.165) is 22.7 Å². The lowest BCUT2D eigenvalue weighted by molar-refractivity contribution is 0.340. The summed E-state index contributed by atoms with van der Waals surface area (Å²) in [5, 5.41) is 16.1. The highest BCUT2D eigenvalue weighted by Crippen LogP contribution is 2.32. The van der Waals surface area contributed by atoms with Gasteiger partial charge in [0.05, 0.1) is 32.2 Å². The van der Waals surface area contributed by atoms with Crippen LogP contribution < -0.4 is 19.6 Å². The van der Waals surface area contributed by atoms with Gasteiger partial charge in [0.15, 0.2) is 22.2 Å². The molecule has 0 aliphatic heterocycles. The van der Waals surface area contributed by atoms with Gasteiger partial charge in [0.1, 0.15) is 11.8 Å². The van der Waals surface area contributed by atoms with Gasteiger partial charge in [-0.25, -0.2) is 4.98 Å². The van der Waals surface area contributed by atoms with E-state index in [0.29, 0.717) is 23.1 Å². The fourth-order valence-electron chi connectivity index (χ4n) is 2.54. The summed E-state index contributed by atoms with van der Waals surface area (Å²) in [4.78, 5) is 4.54. The molecule has 3 rings (SSSR count). The number of nitriles is 1. The maximum absolute atomic E-state index is 9.49. The van der Waals surface area contributed by atoms with Crippen molar-refractivity contribution in [1.29, 1.82) is 5.26 Å². The summed E-state index contributed by atoms with van der Waals surface area (Å²) in [6.07, 6.45) is 0. The zero-order valence-corrected chi connectivity index (χ0v) is 17.1. The van der Waals surface area contributed by atoms with Crippen molar-refractivity contribution in [2.75, 3.05) is 26.3 Å². The Labute approximate surface area is 173 Å². The molecular weight excluding hydrogens is 388 g/mol. The third kappa shape index (κ3) is 4.83. The number of thiazole rings is 1. The Morgan fingerprint density at radius 3 is 2.55 bits per heavy atom. The van der Waals surface area contributed by atoms with Gasteiger partial charge in [-0.3, -0.25) is 5.43 Å².